The van der Waals surface area contributed by atoms with Crippen LogP contribution in [0.15, 0.2) is 42.6 Å². The molecule has 2 aliphatic rings. The topological polar surface area (TPSA) is 28.2 Å². The van der Waals surface area contributed by atoms with Gasteiger partial charge in [-0.25, -0.2) is 4.98 Å². The van der Waals surface area contributed by atoms with Gasteiger partial charge in [-0.1, -0.05) is 30.3 Å². The van der Waals surface area contributed by atoms with E-state index in [1.807, 2.05) is 12.3 Å². The fourth-order valence-corrected chi connectivity index (χ4v) is 3.29. The lowest BCUT2D eigenvalue weighted by molar-refractivity contribution is 0.487. The van der Waals surface area contributed by atoms with Crippen LogP contribution in [0.5, 0.6) is 0 Å². The van der Waals surface area contributed by atoms with E-state index >= 15 is 0 Å². The molecule has 96 valence electrons. The van der Waals surface area contributed by atoms with Crippen molar-refractivity contribution in [2.75, 3.05) is 24.5 Å². The third-order valence-corrected chi connectivity index (χ3v) is 4.18. The molecular weight excluding hydrogens is 240 g/mol. The highest BCUT2D eigenvalue weighted by Gasteiger charge is 2.30. The maximum atomic E-state index is 4.64. The molecule has 0 aliphatic carbocycles. The number of benzene rings is 1. The molecule has 0 saturated carbocycles. The molecule has 1 unspecified atom stereocenters. The van der Waals surface area contributed by atoms with E-state index in [0.29, 0.717) is 6.04 Å². The van der Waals surface area contributed by atoms with E-state index in [9.17, 15) is 0 Å². The number of hydrogen-bond donors (Lipinski definition) is 1. The van der Waals surface area contributed by atoms with E-state index in [-0.39, 0.29) is 0 Å². The summed E-state index contributed by atoms with van der Waals surface area (Å²) in [6, 6.07) is 13.5. The van der Waals surface area contributed by atoms with Gasteiger partial charge in [-0.05, 0) is 22.8 Å². The van der Waals surface area contributed by atoms with Gasteiger partial charge in [0.25, 0.3) is 0 Å². The standard InChI is InChI=1S/C16H17N3/c1-2-6-14-12(4-1)10-13-5-3-7-18-16(13)19-9-8-17-11-15(14)19/h1-7,15,17H,8-11H2/i1+1,2+1,4+1,6+1,12+1,14+1. The van der Waals surface area contributed by atoms with Gasteiger partial charge in [-0.2, -0.15) is 0 Å². The highest BCUT2D eigenvalue weighted by atomic mass is 15.3. The lowest BCUT2D eigenvalue weighted by Crippen LogP contribution is -2.46. The van der Waals surface area contributed by atoms with Gasteiger partial charge in [0.05, 0.1) is 6.04 Å². The molecule has 2 aliphatic heterocycles. The number of nitrogens with zero attached hydrogens (tertiary/aromatic N) is 2. The molecular formula is C16H17N3. The molecule has 0 amide bonds. The highest BCUT2D eigenvalue weighted by Crippen LogP contribution is 2.36. The summed E-state index contributed by atoms with van der Waals surface area (Å²) in [6.45, 7) is 3.07. The van der Waals surface area contributed by atoms with Gasteiger partial charge in [0.2, 0.25) is 0 Å². The molecule has 1 fully saturated rings. The van der Waals surface area contributed by atoms with Crippen molar-refractivity contribution >= 4 is 5.82 Å². The fourth-order valence-electron chi connectivity index (χ4n) is 3.29. The quantitative estimate of drug-likeness (QED) is 0.783. The molecule has 3 heterocycles. The van der Waals surface area contributed by atoms with Crippen molar-refractivity contribution in [1.82, 2.24) is 10.3 Å². The zero-order chi connectivity index (χ0) is 12.7. The first kappa shape index (κ1) is 11.0. The molecule has 1 atom stereocenters. The first-order valence-corrected chi connectivity index (χ1v) is 6.92. The van der Waals surface area contributed by atoms with E-state index in [1.165, 1.54) is 22.5 Å². The minimum absolute atomic E-state index is 0.418. The van der Waals surface area contributed by atoms with E-state index in [2.05, 4.69) is 45.5 Å². The van der Waals surface area contributed by atoms with Gasteiger partial charge >= 0.3 is 0 Å². The molecule has 1 N–H and O–H groups in total. The Morgan fingerprint density at radius 1 is 1.11 bits per heavy atom. The molecule has 1 aromatic heterocycles. The summed E-state index contributed by atoms with van der Waals surface area (Å²) in [7, 11) is 0. The number of nitrogens with one attached hydrogen (secondary N) is 1. The Morgan fingerprint density at radius 2 is 2.00 bits per heavy atom. The van der Waals surface area contributed by atoms with Crippen LogP contribution in [0.25, 0.3) is 0 Å². The monoisotopic (exact) mass is 257 g/mol. The summed E-state index contributed by atoms with van der Waals surface area (Å²) in [5.41, 5.74) is 4.24. The molecule has 0 radical (unpaired) electrons. The Kier molecular flexibility index (Phi) is 2.52. The van der Waals surface area contributed by atoms with Crippen molar-refractivity contribution in [2.45, 2.75) is 12.5 Å². The van der Waals surface area contributed by atoms with Crippen molar-refractivity contribution in [3.05, 3.63) is 59.3 Å². The van der Waals surface area contributed by atoms with Gasteiger partial charge in [0, 0.05) is 32.3 Å². The molecule has 4 rings (SSSR count). The highest BCUT2D eigenvalue weighted by molar-refractivity contribution is 5.56. The van der Waals surface area contributed by atoms with E-state index in [4.69, 9.17) is 0 Å². The van der Waals surface area contributed by atoms with Gasteiger partial charge < -0.3 is 10.2 Å². The molecule has 19 heavy (non-hydrogen) atoms. The molecule has 3 nitrogen and oxygen atoms in total. The molecule has 3 heteroatoms. The molecule has 2 aromatic rings. The van der Waals surface area contributed by atoms with Crippen molar-refractivity contribution in [1.29, 1.82) is 0 Å². The molecule has 0 bridgehead atoms. The minimum Gasteiger partial charge on any atom is -0.347 e. The normalized spacial score (nSPS) is 21.1. The number of fused-ring (bicyclic) bond motifs is 5. The van der Waals surface area contributed by atoms with E-state index in [0.717, 1.165) is 26.1 Å². The second kappa shape index (κ2) is 4.35. The summed E-state index contributed by atoms with van der Waals surface area (Å²) in [4.78, 5) is 7.11. The second-order valence-electron chi connectivity index (χ2n) is 5.28. The van der Waals surface area contributed by atoms with Crippen LogP contribution < -0.4 is 10.2 Å². The lowest BCUT2D eigenvalue weighted by Gasteiger charge is -2.37. The van der Waals surface area contributed by atoms with E-state index < -0.39 is 0 Å². The predicted molar refractivity (Wildman–Crippen MR) is 76.4 cm³/mol. The van der Waals surface area contributed by atoms with Crippen molar-refractivity contribution in [3.63, 3.8) is 0 Å². The first-order valence-electron chi connectivity index (χ1n) is 6.92. The van der Waals surface area contributed by atoms with Gasteiger partial charge in [0.1, 0.15) is 5.82 Å². The zero-order valence-corrected chi connectivity index (χ0v) is 10.8. The van der Waals surface area contributed by atoms with Crippen LogP contribution in [0.2, 0.25) is 0 Å². The van der Waals surface area contributed by atoms with Crippen LogP contribution in [0.1, 0.15) is 22.7 Å². The average molecular weight is 257 g/mol. The number of pyridine rings is 1. The Morgan fingerprint density at radius 3 is 3.00 bits per heavy atom. The largest absolute Gasteiger partial charge is 0.347 e. The Labute approximate surface area is 113 Å². The van der Waals surface area contributed by atoms with Gasteiger partial charge in [-0.3, -0.25) is 0 Å². The number of aromatic nitrogens is 1. The first-order chi connectivity index (χ1) is 9.43. The number of piperazine rings is 1. The van der Waals surface area contributed by atoms with Crippen molar-refractivity contribution in [2.24, 2.45) is 0 Å². The summed E-state index contributed by atoms with van der Waals surface area (Å²) < 4.78 is 0. The third-order valence-electron chi connectivity index (χ3n) is 4.18. The fraction of sp³-hybridized carbons (Fsp3) is 0.312. The van der Waals surface area contributed by atoms with Crippen LogP contribution in [0.3, 0.4) is 0 Å². The maximum absolute atomic E-state index is 4.64. The minimum atomic E-state index is 0.418. The molecule has 1 aromatic carbocycles. The smallest absolute Gasteiger partial charge is 0.132 e. The number of hydrogen-bond acceptors (Lipinski definition) is 3. The SMILES string of the molecule is c1cnc2c(c1)C[13c]1[13cH][13cH][13cH][13cH][13c]1C1CNCCN21. The number of rotatable bonds is 0. The summed E-state index contributed by atoms with van der Waals surface area (Å²) in [5, 5.41) is 3.51. The lowest BCUT2D eigenvalue weighted by atomic mass is 10.2. The van der Waals surface area contributed by atoms with Crippen LogP contribution in [0, 0.1) is 0 Å². The van der Waals surface area contributed by atoms with Crippen LogP contribution in [-0.4, -0.2) is 24.6 Å². The van der Waals surface area contributed by atoms with Crippen LogP contribution in [0.4, 0.5) is 5.82 Å². The van der Waals surface area contributed by atoms with Crippen LogP contribution in [-0.2, 0) is 6.42 Å². The third kappa shape index (κ3) is 1.73. The Bertz CT molecular complexity index is 555. The summed E-state index contributed by atoms with van der Waals surface area (Å²) in [6.07, 6.45) is 2.90. The molecule has 0 spiro atoms. The second-order valence-corrected chi connectivity index (χ2v) is 5.28. The Hall–Kier alpha value is -1.87. The van der Waals surface area contributed by atoms with Crippen molar-refractivity contribution in [3.8, 4) is 0 Å². The van der Waals surface area contributed by atoms with Gasteiger partial charge in [-0.15, -0.1) is 0 Å². The molecule has 1 saturated heterocycles. The van der Waals surface area contributed by atoms with Crippen molar-refractivity contribution < 1.29 is 0 Å². The summed E-state index contributed by atoms with van der Waals surface area (Å²) in [5.74, 6) is 1.17. The van der Waals surface area contributed by atoms with E-state index in [1.54, 1.807) is 0 Å². The van der Waals surface area contributed by atoms with Gasteiger partial charge in [0.15, 0.2) is 0 Å². The summed E-state index contributed by atoms with van der Waals surface area (Å²) >= 11 is 0. The zero-order valence-electron chi connectivity index (χ0n) is 10.8. The van der Waals surface area contributed by atoms with Crippen LogP contribution >= 0.6 is 0 Å². The number of anilines is 1. The maximum Gasteiger partial charge on any atom is 0.132 e. The Balaban J connectivity index is 1.92. The average Bonchev–Trinajstić information content (AvgIpc) is 2.62. The predicted octanol–water partition coefficient (Wildman–Crippen LogP) is 2.14.